The predicted octanol–water partition coefficient (Wildman–Crippen LogP) is 2.38. The van der Waals surface area contributed by atoms with Gasteiger partial charge in [-0.3, -0.25) is 4.79 Å². The molecule has 5 nitrogen and oxygen atoms in total. The highest BCUT2D eigenvalue weighted by Gasteiger charge is 2.28. The number of carbonyl (C=O) groups excluding carboxylic acids is 1. The molecule has 0 bridgehead atoms. The van der Waals surface area contributed by atoms with Crippen LogP contribution in [0.4, 0.5) is 4.39 Å². The third kappa shape index (κ3) is 3.59. The number of amides is 1. The number of benzene rings is 1. The van der Waals surface area contributed by atoms with E-state index in [1.54, 1.807) is 24.0 Å². The summed E-state index contributed by atoms with van der Waals surface area (Å²) in [6.45, 7) is 2.59. The first-order valence-corrected chi connectivity index (χ1v) is 7.34. The lowest BCUT2D eigenvalue weighted by Gasteiger charge is -2.17. The molecule has 3 rings (SSSR count). The summed E-state index contributed by atoms with van der Waals surface area (Å²) in [5, 5.41) is 0. The van der Waals surface area contributed by atoms with E-state index in [2.05, 4.69) is 0 Å². The highest BCUT2D eigenvalue weighted by molar-refractivity contribution is 5.94. The van der Waals surface area contributed by atoms with Crippen LogP contribution >= 0.6 is 0 Å². The van der Waals surface area contributed by atoms with Crippen LogP contribution in [0.2, 0.25) is 0 Å². The van der Waals surface area contributed by atoms with Crippen LogP contribution in [0.15, 0.2) is 45.6 Å². The molecule has 0 saturated carbocycles. The Kier molecular flexibility index (Phi) is 4.14. The number of rotatable bonds is 3. The molecule has 1 aliphatic rings. The standard InChI is InChI=1S/C17H16FNO4/c1-11-7-15(9-16(20)22-11)23-14-5-6-19(10-14)17(21)12-3-2-4-13(18)8-12/h2-4,7-9,14H,5-6,10H2,1H3. The quantitative estimate of drug-likeness (QED) is 0.872. The van der Waals surface area contributed by atoms with Crippen molar-refractivity contribution in [1.82, 2.24) is 4.90 Å². The first-order chi connectivity index (χ1) is 11.0. The molecule has 1 atom stereocenters. The van der Waals surface area contributed by atoms with E-state index in [0.717, 1.165) is 0 Å². The lowest BCUT2D eigenvalue weighted by Crippen LogP contribution is -2.31. The van der Waals surface area contributed by atoms with Gasteiger partial charge in [-0.2, -0.15) is 0 Å². The predicted molar refractivity (Wildman–Crippen MR) is 81.1 cm³/mol. The maximum absolute atomic E-state index is 13.2. The zero-order chi connectivity index (χ0) is 16.4. The molecular weight excluding hydrogens is 301 g/mol. The van der Waals surface area contributed by atoms with Crippen molar-refractivity contribution in [3.05, 3.63) is 64.0 Å². The largest absolute Gasteiger partial charge is 0.488 e. The molecule has 1 fully saturated rings. The van der Waals surface area contributed by atoms with Crippen molar-refractivity contribution in [2.24, 2.45) is 0 Å². The molecule has 1 unspecified atom stereocenters. The summed E-state index contributed by atoms with van der Waals surface area (Å²) in [6.07, 6.45) is 0.453. The molecule has 0 radical (unpaired) electrons. The fourth-order valence-electron chi connectivity index (χ4n) is 2.65. The van der Waals surface area contributed by atoms with E-state index in [9.17, 15) is 14.0 Å². The molecular formula is C17H16FNO4. The number of likely N-dealkylation sites (tertiary alicyclic amines) is 1. The maximum Gasteiger partial charge on any atom is 0.339 e. The summed E-state index contributed by atoms with van der Waals surface area (Å²) in [4.78, 5) is 25.3. The minimum Gasteiger partial charge on any atom is -0.488 e. The van der Waals surface area contributed by atoms with Crippen LogP contribution in [0.5, 0.6) is 5.75 Å². The molecule has 0 N–H and O–H groups in total. The first kappa shape index (κ1) is 15.3. The minimum atomic E-state index is -0.467. The third-order valence-corrected chi connectivity index (χ3v) is 3.67. The summed E-state index contributed by atoms with van der Waals surface area (Å²) in [5.74, 6) is 0.246. The Bertz CT molecular complexity index is 786. The van der Waals surface area contributed by atoms with Crippen LogP contribution in [-0.2, 0) is 0 Å². The van der Waals surface area contributed by atoms with Crippen molar-refractivity contribution in [3.63, 3.8) is 0 Å². The van der Waals surface area contributed by atoms with Crippen LogP contribution in [0, 0.1) is 12.7 Å². The normalized spacial score (nSPS) is 17.3. The smallest absolute Gasteiger partial charge is 0.339 e. The lowest BCUT2D eigenvalue weighted by molar-refractivity contribution is 0.0771. The monoisotopic (exact) mass is 317 g/mol. The number of carbonyl (C=O) groups is 1. The highest BCUT2D eigenvalue weighted by Crippen LogP contribution is 2.20. The van der Waals surface area contributed by atoms with Crippen molar-refractivity contribution in [3.8, 4) is 5.75 Å². The van der Waals surface area contributed by atoms with E-state index in [-0.39, 0.29) is 12.0 Å². The van der Waals surface area contributed by atoms with Crippen LogP contribution in [0.25, 0.3) is 0 Å². The van der Waals surface area contributed by atoms with E-state index in [0.29, 0.717) is 36.6 Å². The van der Waals surface area contributed by atoms with Gasteiger partial charge in [0, 0.05) is 24.6 Å². The van der Waals surface area contributed by atoms with Gasteiger partial charge in [-0.15, -0.1) is 0 Å². The maximum atomic E-state index is 13.2. The lowest BCUT2D eigenvalue weighted by atomic mass is 10.2. The summed E-state index contributed by atoms with van der Waals surface area (Å²) in [5.41, 5.74) is -0.146. The average molecular weight is 317 g/mol. The second-order valence-electron chi connectivity index (χ2n) is 5.51. The summed E-state index contributed by atoms with van der Waals surface area (Å²) < 4.78 is 23.8. The van der Waals surface area contributed by atoms with Crippen LogP contribution in [0.1, 0.15) is 22.5 Å². The van der Waals surface area contributed by atoms with E-state index < -0.39 is 11.4 Å². The van der Waals surface area contributed by atoms with Crippen molar-refractivity contribution < 1.29 is 18.3 Å². The SMILES string of the molecule is Cc1cc(OC2CCN(C(=O)c3cccc(F)c3)C2)cc(=O)o1. The molecule has 0 spiro atoms. The Balaban J connectivity index is 1.66. The molecule has 1 amide bonds. The van der Waals surface area contributed by atoms with Crippen LogP contribution < -0.4 is 10.4 Å². The van der Waals surface area contributed by atoms with Crippen LogP contribution in [0.3, 0.4) is 0 Å². The Morgan fingerprint density at radius 3 is 2.91 bits per heavy atom. The van der Waals surface area contributed by atoms with Crippen LogP contribution in [-0.4, -0.2) is 30.0 Å². The van der Waals surface area contributed by atoms with Gasteiger partial charge in [0.15, 0.2) is 0 Å². The molecule has 1 aromatic heterocycles. The fraction of sp³-hybridized carbons (Fsp3) is 0.294. The van der Waals surface area contributed by atoms with Gasteiger partial charge in [0.05, 0.1) is 12.6 Å². The van der Waals surface area contributed by atoms with Gasteiger partial charge in [0.2, 0.25) is 0 Å². The molecule has 6 heteroatoms. The molecule has 1 aromatic carbocycles. The van der Waals surface area contributed by atoms with Gasteiger partial charge in [0.1, 0.15) is 23.4 Å². The molecule has 0 aliphatic carbocycles. The van der Waals surface area contributed by atoms with Gasteiger partial charge in [0.25, 0.3) is 5.91 Å². The zero-order valence-corrected chi connectivity index (χ0v) is 12.6. The molecule has 23 heavy (non-hydrogen) atoms. The number of aryl methyl sites for hydroxylation is 1. The van der Waals surface area contributed by atoms with E-state index in [1.165, 1.54) is 24.3 Å². The van der Waals surface area contributed by atoms with Gasteiger partial charge in [-0.25, -0.2) is 9.18 Å². The Hall–Kier alpha value is -2.63. The summed E-state index contributed by atoms with van der Waals surface area (Å²) in [6, 6.07) is 8.55. The van der Waals surface area contributed by atoms with E-state index in [1.807, 2.05) is 0 Å². The van der Waals surface area contributed by atoms with Crippen molar-refractivity contribution >= 4 is 5.91 Å². The Morgan fingerprint density at radius 1 is 1.35 bits per heavy atom. The molecule has 2 heterocycles. The van der Waals surface area contributed by atoms with Gasteiger partial charge in [-0.05, 0) is 25.1 Å². The fourth-order valence-corrected chi connectivity index (χ4v) is 2.65. The van der Waals surface area contributed by atoms with E-state index in [4.69, 9.17) is 9.15 Å². The third-order valence-electron chi connectivity index (χ3n) is 3.67. The highest BCUT2D eigenvalue weighted by atomic mass is 19.1. The number of ether oxygens (including phenoxy) is 1. The molecule has 120 valence electrons. The van der Waals surface area contributed by atoms with Gasteiger partial charge in [-0.1, -0.05) is 6.07 Å². The number of halogens is 1. The zero-order valence-electron chi connectivity index (χ0n) is 12.6. The Labute approximate surface area is 132 Å². The van der Waals surface area contributed by atoms with E-state index >= 15 is 0 Å². The second kappa shape index (κ2) is 6.24. The molecule has 2 aromatic rings. The van der Waals surface area contributed by atoms with Crippen molar-refractivity contribution in [2.75, 3.05) is 13.1 Å². The Morgan fingerprint density at radius 2 is 2.17 bits per heavy atom. The van der Waals surface area contributed by atoms with Crippen molar-refractivity contribution in [1.29, 1.82) is 0 Å². The topological polar surface area (TPSA) is 59.8 Å². The number of hydrogen-bond donors (Lipinski definition) is 0. The summed E-state index contributed by atoms with van der Waals surface area (Å²) in [7, 11) is 0. The first-order valence-electron chi connectivity index (χ1n) is 7.34. The van der Waals surface area contributed by atoms with Gasteiger partial charge >= 0.3 is 5.63 Å². The number of nitrogens with zero attached hydrogens (tertiary/aromatic N) is 1. The summed E-state index contributed by atoms with van der Waals surface area (Å²) >= 11 is 0. The van der Waals surface area contributed by atoms with Gasteiger partial charge < -0.3 is 14.1 Å². The number of hydrogen-bond acceptors (Lipinski definition) is 4. The average Bonchev–Trinajstić information content (AvgIpc) is 2.94. The minimum absolute atomic E-state index is 0.200. The van der Waals surface area contributed by atoms with Crippen molar-refractivity contribution in [2.45, 2.75) is 19.4 Å². The molecule has 1 aliphatic heterocycles. The second-order valence-corrected chi connectivity index (χ2v) is 5.51. The molecule has 1 saturated heterocycles.